The van der Waals surface area contributed by atoms with Gasteiger partial charge >= 0.3 is 0 Å². The third-order valence-electron chi connectivity index (χ3n) is 3.77. The summed E-state index contributed by atoms with van der Waals surface area (Å²) in [4.78, 5) is 17.1. The van der Waals surface area contributed by atoms with Gasteiger partial charge in [0.25, 0.3) is 5.91 Å². The summed E-state index contributed by atoms with van der Waals surface area (Å²) in [7, 11) is 1.85. The second kappa shape index (κ2) is 4.74. The van der Waals surface area contributed by atoms with Crippen LogP contribution in [0, 0.1) is 0 Å². The number of hydrogen-bond donors (Lipinski definition) is 1. The van der Waals surface area contributed by atoms with E-state index in [1.807, 2.05) is 19.2 Å². The molecule has 0 radical (unpaired) electrons. The van der Waals surface area contributed by atoms with E-state index in [0.717, 1.165) is 12.8 Å². The van der Waals surface area contributed by atoms with E-state index < -0.39 is 0 Å². The van der Waals surface area contributed by atoms with Gasteiger partial charge in [0.1, 0.15) is 5.69 Å². The highest BCUT2D eigenvalue weighted by molar-refractivity contribution is 6.30. The zero-order valence-electron chi connectivity index (χ0n) is 10.7. The lowest BCUT2D eigenvalue weighted by Crippen LogP contribution is -2.30. The van der Waals surface area contributed by atoms with Gasteiger partial charge in [0.05, 0.1) is 11.1 Å². The van der Waals surface area contributed by atoms with Crippen molar-refractivity contribution in [2.45, 2.75) is 18.9 Å². The Hall–Kier alpha value is -1.74. The highest BCUT2D eigenvalue weighted by Crippen LogP contribution is 2.35. The molecule has 1 aliphatic carbocycles. The molecule has 2 aromatic rings. The van der Waals surface area contributed by atoms with E-state index in [2.05, 4.69) is 17.1 Å². The van der Waals surface area contributed by atoms with Crippen molar-refractivity contribution in [3.63, 3.8) is 0 Å². The molecule has 1 atom stereocenters. The number of carbonyl (C=O) groups excluding carboxylic acids is 1. The van der Waals surface area contributed by atoms with E-state index >= 15 is 0 Å². The smallest absolute Gasteiger partial charge is 0.270 e. The Morgan fingerprint density at radius 2 is 2.21 bits per heavy atom. The molecule has 98 valence electrons. The topological polar surface area (TPSA) is 36.1 Å². The van der Waals surface area contributed by atoms with Crippen LogP contribution in [0.25, 0.3) is 0 Å². The Labute approximate surface area is 117 Å². The lowest BCUT2D eigenvalue weighted by molar-refractivity contribution is 0.0725. The predicted octanol–water partition coefficient (Wildman–Crippen LogP) is 3.43. The van der Waals surface area contributed by atoms with E-state index in [1.54, 1.807) is 17.2 Å². The van der Waals surface area contributed by atoms with Gasteiger partial charge in [0.2, 0.25) is 0 Å². The summed E-state index contributed by atoms with van der Waals surface area (Å²) in [5.41, 5.74) is 3.14. The van der Waals surface area contributed by atoms with Crippen molar-refractivity contribution in [3.05, 3.63) is 58.4 Å². The summed E-state index contributed by atoms with van der Waals surface area (Å²) in [6.07, 6.45) is 3.64. The number of carbonyl (C=O) groups is 1. The quantitative estimate of drug-likeness (QED) is 0.895. The number of fused-ring (bicyclic) bond motifs is 1. The molecule has 0 fully saturated rings. The molecule has 0 saturated carbocycles. The van der Waals surface area contributed by atoms with Crippen molar-refractivity contribution in [1.29, 1.82) is 0 Å². The normalized spacial score (nSPS) is 17.3. The molecule has 0 unspecified atom stereocenters. The molecule has 0 spiro atoms. The van der Waals surface area contributed by atoms with Gasteiger partial charge < -0.3 is 9.88 Å². The summed E-state index contributed by atoms with van der Waals surface area (Å²) in [6, 6.07) is 10.2. The first-order chi connectivity index (χ1) is 9.16. The number of halogens is 1. The molecule has 1 aromatic carbocycles. The highest BCUT2D eigenvalue weighted by atomic mass is 35.5. The van der Waals surface area contributed by atoms with Crippen LogP contribution >= 0.6 is 11.6 Å². The Balaban J connectivity index is 1.86. The fraction of sp³-hybridized carbons (Fsp3) is 0.267. The van der Waals surface area contributed by atoms with Crippen LogP contribution in [-0.4, -0.2) is 22.8 Å². The molecule has 0 saturated heterocycles. The van der Waals surface area contributed by atoms with Crippen LogP contribution in [0.15, 0.2) is 36.5 Å². The molecule has 1 N–H and O–H groups in total. The molecule has 0 bridgehead atoms. The number of aryl methyl sites for hydroxylation is 1. The summed E-state index contributed by atoms with van der Waals surface area (Å²) < 4.78 is 0. The van der Waals surface area contributed by atoms with Gasteiger partial charge in [-0.3, -0.25) is 4.79 Å². The monoisotopic (exact) mass is 274 g/mol. The maximum atomic E-state index is 12.4. The second-order valence-corrected chi connectivity index (χ2v) is 5.34. The van der Waals surface area contributed by atoms with Gasteiger partial charge in [-0.25, -0.2) is 0 Å². The molecule has 1 aromatic heterocycles. The number of benzene rings is 1. The number of nitrogens with zero attached hydrogens (tertiary/aromatic N) is 1. The molecule has 19 heavy (non-hydrogen) atoms. The number of rotatable bonds is 2. The minimum absolute atomic E-state index is 0.0198. The van der Waals surface area contributed by atoms with Crippen LogP contribution in [0.4, 0.5) is 0 Å². The minimum Gasteiger partial charge on any atom is -0.356 e. The largest absolute Gasteiger partial charge is 0.356 e. The number of H-pyrrole nitrogens is 1. The Morgan fingerprint density at radius 1 is 1.42 bits per heavy atom. The predicted molar refractivity (Wildman–Crippen MR) is 75.4 cm³/mol. The summed E-state index contributed by atoms with van der Waals surface area (Å²) in [5, 5.41) is 0.559. The maximum absolute atomic E-state index is 12.4. The number of aromatic nitrogens is 1. The Kier molecular flexibility index (Phi) is 3.07. The highest BCUT2D eigenvalue weighted by Gasteiger charge is 2.29. The van der Waals surface area contributed by atoms with Crippen molar-refractivity contribution >= 4 is 17.5 Å². The number of nitrogens with one attached hydrogen (secondary N) is 1. The zero-order valence-corrected chi connectivity index (χ0v) is 11.4. The molecule has 1 amide bonds. The van der Waals surface area contributed by atoms with Crippen LogP contribution in [0.2, 0.25) is 5.02 Å². The van der Waals surface area contributed by atoms with Crippen molar-refractivity contribution in [1.82, 2.24) is 9.88 Å². The van der Waals surface area contributed by atoms with Crippen LogP contribution < -0.4 is 0 Å². The Bertz CT molecular complexity index is 620. The molecular formula is C15H15ClN2O. The minimum atomic E-state index is -0.0198. The fourth-order valence-corrected chi connectivity index (χ4v) is 2.92. The number of hydrogen-bond acceptors (Lipinski definition) is 1. The second-order valence-electron chi connectivity index (χ2n) is 4.90. The van der Waals surface area contributed by atoms with Crippen molar-refractivity contribution in [3.8, 4) is 0 Å². The molecular weight excluding hydrogens is 260 g/mol. The molecule has 0 aliphatic heterocycles. The van der Waals surface area contributed by atoms with Crippen LogP contribution in [0.5, 0.6) is 0 Å². The standard InChI is InChI=1S/C15H15ClN2O/c1-18(15(19)13-8-11(16)9-17-13)14-7-6-10-4-2-3-5-12(10)14/h2-5,8-9,14,17H,6-7H2,1H3/t14-/m1/s1. The molecule has 3 rings (SSSR count). The first-order valence-electron chi connectivity index (χ1n) is 6.35. The molecule has 3 nitrogen and oxygen atoms in total. The molecule has 4 heteroatoms. The van der Waals surface area contributed by atoms with E-state index in [9.17, 15) is 4.79 Å². The van der Waals surface area contributed by atoms with Gasteiger partial charge in [-0.1, -0.05) is 35.9 Å². The lowest BCUT2D eigenvalue weighted by Gasteiger charge is -2.25. The van der Waals surface area contributed by atoms with Gasteiger partial charge in [-0.05, 0) is 30.0 Å². The van der Waals surface area contributed by atoms with E-state index in [-0.39, 0.29) is 11.9 Å². The van der Waals surface area contributed by atoms with Gasteiger partial charge in [-0.15, -0.1) is 0 Å². The maximum Gasteiger partial charge on any atom is 0.270 e. The third kappa shape index (κ3) is 2.15. The van der Waals surface area contributed by atoms with Crippen molar-refractivity contribution in [2.75, 3.05) is 7.05 Å². The number of amides is 1. The first-order valence-corrected chi connectivity index (χ1v) is 6.73. The van der Waals surface area contributed by atoms with Crippen LogP contribution in [0.3, 0.4) is 0 Å². The van der Waals surface area contributed by atoms with E-state index in [1.165, 1.54) is 11.1 Å². The first kappa shape index (κ1) is 12.3. The van der Waals surface area contributed by atoms with Gasteiger partial charge in [0, 0.05) is 13.2 Å². The van der Waals surface area contributed by atoms with Crippen molar-refractivity contribution in [2.24, 2.45) is 0 Å². The van der Waals surface area contributed by atoms with Crippen molar-refractivity contribution < 1.29 is 4.79 Å². The summed E-state index contributed by atoms with van der Waals surface area (Å²) in [6.45, 7) is 0. The average molecular weight is 275 g/mol. The van der Waals surface area contributed by atoms with E-state index in [4.69, 9.17) is 11.6 Å². The summed E-state index contributed by atoms with van der Waals surface area (Å²) in [5.74, 6) is -0.0198. The molecule has 1 aliphatic rings. The lowest BCUT2D eigenvalue weighted by atomic mass is 10.1. The van der Waals surface area contributed by atoms with Crippen LogP contribution in [0.1, 0.15) is 34.1 Å². The van der Waals surface area contributed by atoms with Gasteiger partial charge in [0.15, 0.2) is 0 Å². The SMILES string of the molecule is CN(C(=O)c1cc(Cl)c[nH]1)[C@@H]1CCc2ccccc21. The molecule has 1 heterocycles. The van der Waals surface area contributed by atoms with Crippen LogP contribution in [-0.2, 0) is 6.42 Å². The summed E-state index contributed by atoms with van der Waals surface area (Å²) >= 11 is 5.85. The van der Waals surface area contributed by atoms with E-state index in [0.29, 0.717) is 10.7 Å². The van der Waals surface area contributed by atoms with Gasteiger partial charge in [-0.2, -0.15) is 0 Å². The zero-order chi connectivity index (χ0) is 13.4. The Morgan fingerprint density at radius 3 is 2.95 bits per heavy atom. The number of aromatic amines is 1. The third-order valence-corrected chi connectivity index (χ3v) is 3.99. The average Bonchev–Trinajstić information content (AvgIpc) is 3.03. The fourth-order valence-electron chi connectivity index (χ4n) is 2.76.